The first-order chi connectivity index (χ1) is 13.3. The fourth-order valence-electron chi connectivity index (χ4n) is 2.45. The summed E-state index contributed by atoms with van der Waals surface area (Å²) >= 11 is 1.46. The average Bonchev–Trinajstić information content (AvgIpc) is 2.66. The van der Waals surface area contributed by atoms with Gasteiger partial charge in [0.25, 0.3) is 5.56 Å². The first kappa shape index (κ1) is 21.4. The van der Waals surface area contributed by atoms with Crippen molar-refractivity contribution in [1.82, 2.24) is 15.1 Å². The predicted molar refractivity (Wildman–Crippen MR) is 103 cm³/mol. The Morgan fingerprint density at radius 1 is 1.36 bits per heavy atom. The summed E-state index contributed by atoms with van der Waals surface area (Å²) < 4.78 is 19.4. The summed E-state index contributed by atoms with van der Waals surface area (Å²) in [4.78, 5) is 35.5. The van der Waals surface area contributed by atoms with Crippen LogP contribution in [0.3, 0.4) is 0 Å². The number of carbonyl (C=O) groups excluding carboxylic acids is 1. The zero-order chi connectivity index (χ0) is 20.7. The van der Waals surface area contributed by atoms with Gasteiger partial charge in [-0.25, -0.2) is 13.9 Å². The highest BCUT2D eigenvalue weighted by molar-refractivity contribution is 7.98. The van der Waals surface area contributed by atoms with Crippen LogP contribution < -0.4 is 15.6 Å². The number of nitrogens with zero attached hydrogens (tertiary/aromatic N) is 2. The Hall–Kier alpha value is -2.88. The van der Waals surface area contributed by atoms with Crippen molar-refractivity contribution in [3.8, 4) is 17.0 Å². The van der Waals surface area contributed by atoms with E-state index in [1.54, 1.807) is 0 Å². The van der Waals surface area contributed by atoms with Crippen LogP contribution in [-0.2, 0) is 16.1 Å². The average molecular weight is 409 g/mol. The summed E-state index contributed by atoms with van der Waals surface area (Å²) in [5, 5.41) is 15.7. The van der Waals surface area contributed by atoms with Crippen molar-refractivity contribution in [2.75, 3.05) is 19.1 Å². The van der Waals surface area contributed by atoms with Gasteiger partial charge in [0.15, 0.2) is 0 Å². The van der Waals surface area contributed by atoms with E-state index in [0.29, 0.717) is 17.0 Å². The van der Waals surface area contributed by atoms with Crippen LogP contribution in [0.1, 0.15) is 6.42 Å². The standard InChI is InChI=1S/C18H20FN3O5S/c1-27-15-9-11(19)3-4-12(15)13-5-6-17(24)22(21-13)10-16(23)20-14(18(25)26)7-8-28-2/h3-6,9,14H,7-8,10H2,1-2H3,(H,20,23)(H,25,26)/t14-/m0/s1. The molecule has 28 heavy (non-hydrogen) atoms. The molecule has 0 aliphatic heterocycles. The molecule has 0 aliphatic rings. The second kappa shape index (κ2) is 9.88. The second-order valence-corrected chi connectivity index (χ2v) is 6.78. The van der Waals surface area contributed by atoms with Gasteiger partial charge < -0.3 is 15.2 Å². The van der Waals surface area contributed by atoms with Crippen molar-refractivity contribution < 1.29 is 23.8 Å². The summed E-state index contributed by atoms with van der Waals surface area (Å²) in [6.45, 7) is -0.445. The zero-order valence-electron chi connectivity index (χ0n) is 15.3. The third-order valence-electron chi connectivity index (χ3n) is 3.84. The number of benzene rings is 1. The van der Waals surface area contributed by atoms with E-state index >= 15 is 0 Å². The third-order valence-corrected chi connectivity index (χ3v) is 4.49. The number of carboxylic acid groups (broad SMARTS) is 1. The molecule has 8 nitrogen and oxygen atoms in total. The molecule has 1 aromatic carbocycles. The summed E-state index contributed by atoms with van der Waals surface area (Å²) in [6.07, 6.45) is 2.09. The number of nitrogens with one attached hydrogen (secondary N) is 1. The number of aromatic nitrogens is 2. The Bertz CT molecular complexity index is 918. The highest BCUT2D eigenvalue weighted by Crippen LogP contribution is 2.28. The number of aliphatic carboxylic acids is 1. The smallest absolute Gasteiger partial charge is 0.326 e. The van der Waals surface area contributed by atoms with Crippen molar-refractivity contribution in [3.63, 3.8) is 0 Å². The van der Waals surface area contributed by atoms with E-state index in [0.717, 1.165) is 4.68 Å². The van der Waals surface area contributed by atoms with Gasteiger partial charge in [0.2, 0.25) is 5.91 Å². The number of methoxy groups -OCH3 is 1. The Labute approximate surface area is 164 Å². The van der Waals surface area contributed by atoms with E-state index in [2.05, 4.69) is 10.4 Å². The van der Waals surface area contributed by atoms with Crippen LogP contribution in [0.4, 0.5) is 4.39 Å². The maximum Gasteiger partial charge on any atom is 0.326 e. The number of ether oxygens (including phenoxy) is 1. The first-order valence-corrected chi connectivity index (χ1v) is 9.68. The lowest BCUT2D eigenvalue weighted by molar-refractivity contribution is -0.142. The Balaban J connectivity index is 2.23. The number of hydrogen-bond donors (Lipinski definition) is 2. The zero-order valence-corrected chi connectivity index (χ0v) is 16.2. The highest BCUT2D eigenvalue weighted by atomic mass is 32.2. The molecule has 0 fully saturated rings. The van der Waals surface area contributed by atoms with Gasteiger partial charge in [-0.05, 0) is 36.6 Å². The molecular formula is C18H20FN3O5S. The molecule has 1 heterocycles. The molecule has 2 N–H and O–H groups in total. The van der Waals surface area contributed by atoms with Crippen molar-refractivity contribution in [2.45, 2.75) is 19.0 Å². The first-order valence-electron chi connectivity index (χ1n) is 8.29. The summed E-state index contributed by atoms with van der Waals surface area (Å²) in [5.74, 6) is -1.49. The number of hydrogen-bond acceptors (Lipinski definition) is 6. The van der Waals surface area contributed by atoms with Crippen LogP contribution in [0.25, 0.3) is 11.3 Å². The highest BCUT2D eigenvalue weighted by Gasteiger charge is 2.20. The topological polar surface area (TPSA) is 111 Å². The normalized spacial score (nSPS) is 11.7. The minimum absolute atomic E-state index is 0.227. The van der Waals surface area contributed by atoms with Gasteiger partial charge >= 0.3 is 5.97 Å². The quantitative estimate of drug-likeness (QED) is 0.644. The molecule has 0 bridgehead atoms. The van der Waals surface area contributed by atoms with Crippen LogP contribution in [0.15, 0.2) is 35.1 Å². The van der Waals surface area contributed by atoms with Crippen molar-refractivity contribution >= 4 is 23.6 Å². The largest absolute Gasteiger partial charge is 0.496 e. The molecule has 1 aromatic heterocycles. The molecule has 10 heteroatoms. The maximum absolute atomic E-state index is 13.4. The molecule has 0 unspecified atom stereocenters. The fraction of sp³-hybridized carbons (Fsp3) is 0.333. The summed E-state index contributed by atoms with van der Waals surface area (Å²) in [7, 11) is 1.38. The number of rotatable bonds is 9. The summed E-state index contributed by atoms with van der Waals surface area (Å²) in [6, 6.07) is 5.48. The second-order valence-electron chi connectivity index (χ2n) is 5.80. The number of carbonyl (C=O) groups is 2. The Kier molecular flexibility index (Phi) is 7.56. The summed E-state index contributed by atoms with van der Waals surface area (Å²) in [5.41, 5.74) is 0.221. The number of carboxylic acids is 1. The van der Waals surface area contributed by atoms with Crippen LogP contribution >= 0.6 is 11.8 Å². The molecule has 0 radical (unpaired) electrons. The monoisotopic (exact) mass is 409 g/mol. The van der Waals surface area contributed by atoms with Crippen LogP contribution in [-0.4, -0.2) is 51.9 Å². The molecule has 0 aliphatic carbocycles. The van der Waals surface area contributed by atoms with Crippen LogP contribution in [0, 0.1) is 5.82 Å². The van der Waals surface area contributed by atoms with Gasteiger partial charge in [-0.1, -0.05) is 0 Å². The van der Waals surface area contributed by atoms with Gasteiger partial charge in [-0.3, -0.25) is 9.59 Å². The van der Waals surface area contributed by atoms with Crippen molar-refractivity contribution in [3.05, 3.63) is 46.5 Å². The molecule has 1 atom stereocenters. The molecule has 150 valence electrons. The lowest BCUT2D eigenvalue weighted by Crippen LogP contribution is -2.44. The predicted octanol–water partition coefficient (Wildman–Crippen LogP) is 1.38. The van der Waals surface area contributed by atoms with E-state index in [1.165, 1.54) is 49.2 Å². The van der Waals surface area contributed by atoms with Crippen molar-refractivity contribution in [1.29, 1.82) is 0 Å². The number of amides is 1. The molecule has 1 amide bonds. The van der Waals surface area contributed by atoms with E-state index in [-0.39, 0.29) is 12.2 Å². The lowest BCUT2D eigenvalue weighted by Gasteiger charge is -2.14. The van der Waals surface area contributed by atoms with Gasteiger partial charge in [-0.15, -0.1) is 0 Å². The molecule has 2 rings (SSSR count). The van der Waals surface area contributed by atoms with E-state index in [9.17, 15) is 23.9 Å². The minimum Gasteiger partial charge on any atom is -0.496 e. The molecule has 0 saturated heterocycles. The van der Waals surface area contributed by atoms with Gasteiger partial charge in [-0.2, -0.15) is 16.9 Å². The fourth-order valence-corrected chi connectivity index (χ4v) is 2.92. The van der Waals surface area contributed by atoms with E-state index in [4.69, 9.17) is 4.74 Å². The Morgan fingerprint density at radius 3 is 2.75 bits per heavy atom. The molecule has 2 aromatic rings. The molecular weight excluding hydrogens is 389 g/mol. The van der Waals surface area contributed by atoms with E-state index in [1.807, 2.05) is 6.26 Å². The number of thioether (sulfide) groups is 1. The van der Waals surface area contributed by atoms with E-state index < -0.39 is 35.8 Å². The Morgan fingerprint density at radius 2 is 2.11 bits per heavy atom. The van der Waals surface area contributed by atoms with Gasteiger partial charge in [0, 0.05) is 17.7 Å². The molecule has 0 saturated carbocycles. The van der Waals surface area contributed by atoms with Crippen molar-refractivity contribution in [2.24, 2.45) is 0 Å². The lowest BCUT2D eigenvalue weighted by atomic mass is 10.1. The van der Waals surface area contributed by atoms with Crippen LogP contribution in [0.2, 0.25) is 0 Å². The minimum atomic E-state index is -1.15. The maximum atomic E-state index is 13.4. The SMILES string of the molecule is COc1cc(F)ccc1-c1ccc(=O)n(CC(=O)N[C@@H](CCSC)C(=O)O)n1. The van der Waals surface area contributed by atoms with Gasteiger partial charge in [0.05, 0.1) is 12.8 Å². The number of halogens is 1. The van der Waals surface area contributed by atoms with Crippen LogP contribution in [0.5, 0.6) is 5.75 Å². The molecule has 0 spiro atoms. The third kappa shape index (κ3) is 5.56. The van der Waals surface area contributed by atoms with Gasteiger partial charge in [0.1, 0.15) is 24.2 Å².